The molecule has 3 aromatic carbocycles. The number of rotatable bonds is 3. The van der Waals surface area contributed by atoms with Gasteiger partial charge in [0.25, 0.3) is 0 Å². The predicted molar refractivity (Wildman–Crippen MR) is 255 cm³/mol. The van der Waals surface area contributed by atoms with E-state index in [-0.39, 0.29) is 36.1 Å². The molecule has 2 N–H and O–H groups in total. The average Bonchev–Trinajstić information content (AvgIpc) is 4.09. The summed E-state index contributed by atoms with van der Waals surface area (Å²) in [5, 5.41) is 7.89. The van der Waals surface area contributed by atoms with Crippen molar-refractivity contribution in [2.24, 2.45) is 21.8 Å². The van der Waals surface area contributed by atoms with Gasteiger partial charge in [-0.2, -0.15) is 0 Å². The van der Waals surface area contributed by atoms with E-state index in [0.717, 1.165) is 89.9 Å². The highest BCUT2D eigenvalue weighted by Gasteiger charge is 2.51. The third kappa shape index (κ3) is 5.75. The van der Waals surface area contributed by atoms with E-state index in [1.165, 1.54) is 63.5 Å². The Morgan fingerprint density at radius 2 is 1.54 bits per heavy atom. The van der Waals surface area contributed by atoms with Crippen LogP contribution >= 0.6 is 0 Å². The lowest BCUT2D eigenvalue weighted by Crippen LogP contribution is -2.48. The molecule has 0 radical (unpaired) electrons. The van der Waals surface area contributed by atoms with Crippen LogP contribution in [0.25, 0.3) is 5.70 Å². The quantitative estimate of drug-likeness (QED) is 0.214. The number of nitrogens with zero attached hydrogens (tertiary/aromatic N) is 4. The summed E-state index contributed by atoms with van der Waals surface area (Å²) in [6.45, 7) is 0.622. The van der Waals surface area contributed by atoms with Gasteiger partial charge in [-0.3, -0.25) is 9.89 Å². The highest BCUT2D eigenvalue weighted by atomic mass is 16.5. The number of hydrogen-bond donors (Lipinski definition) is 2. The second-order valence-corrected chi connectivity index (χ2v) is 18.9. The monoisotopic (exact) mass is 850 g/mol. The first-order chi connectivity index (χ1) is 32.2. The Bertz CT molecular complexity index is 3040. The Balaban J connectivity index is 0.960. The summed E-state index contributed by atoms with van der Waals surface area (Å²) in [7, 11) is 0. The topological polar surface area (TPSA) is 77.6 Å². The Hall–Kier alpha value is -7.06. The summed E-state index contributed by atoms with van der Waals surface area (Å²) in [4.78, 5) is 16.4. The molecule has 4 aromatic rings. The molecular weight excluding hydrogens is 801 g/mol. The number of benzene rings is 3. The molecule has 8 nitrogen and oxygen atoms in total. The SMILES string of the molecule is C1=CCC2C(=C1)N(C1=NCC(N3C4=CC=CCC4C4=C3C3Oc5ccccc5C3C=C4)CC1=C1NC(c3ccccc3)=NC(c3ccccc3)N1)C1=C2C=CCc2c1oc1c2CCCC1. The first kappa shape index (κ1) is 37.3. The van der Waals surface area contributed by atoms with E-state index >= 15 is 0 Å². The summed E-state index contributed by atoms with van der Waals surface area (Å²) in [6, 6.07) is 29.8. The molecule has 0 saturated heterocycles. The molecule has 0 saturated carbocycles. The zero-order valence-corrected chi connectivity index (χ0v) is 36.3. The fraction of sp³-hybridized carbons (Fsp3) is 0.263. The Labute approximate surface area is 379 Å². The van der Waals surface area contributed by atoms with Crippen molar-refractivity contribution < 1.29 is 9.15 Å². The fourth-order valence-electron chi connectivity index (χ4n) is 12.4. The lowest BCUT2D eigenvalue weighted by Gasteiger charge is -2.41. The minimum absolute atomic E-state index is 0.0267. The number of aliphatic imine (C=N–C) groups is 2. The van der Waals surface area contributed by atoms with Crippen LogP contribution in [0.5, 0.6) is 5.75 Å². The van der Waals surface area contributed by atoms with Gasteiger partial charge in [-0.15, -0.1) is 0 Å². The number of ether oxygens (including phenoxy) is 1. The maximum atomic E-state index is 7.11. The molecule has 8 heteroatoms. The largest absolute Gasteiger partial charge is 0.483 e. The molecule has 320 valence electrons. The van der Waals surface area contributed by atoms with Crippen LogP contribution in [-0.4, -0.2) is 40.2 Å². The second kappa shape index (κ2) is 14.7. The number of para-hydroxylation sites is 1. The standard InChI is InChI=1S/C57H50N6O2/c1-3-16-34(17-4-1)54-59-55(35-18-5-2-6-19-35)61-56(60-54)45-32-36(62-46-26-11-7-21-38(46)42-30-31-44-40-23-10-14-29-49(40)65-53(44)50(42)62)33-58-57(45)63-47-27-12-8-20-37(47)41-24-15-25-43-39-22-9-13-28-48(39)64-52(43)51(41)63/h1-8,10-12,14-19,23-24,26-27,29-31,36-38,44,53-54,60H,9,13,20-22,25,28,32-33H2,(H,59,61). The van der Waals surface area contributed by atoms with Crippen molar-refractivity contribution in [3.8, 4) is 5.75 Å². The minimum atomic E-state index is -0.315. The van der Waals surface area contributed by atoms with Gasteiger partial charge in [-0.25, -0.2) is 4.99 Å². The van der Waals surface area contributed by atoms with E-state index in [2.05, 4.69) is 166 Å². The van der Waals surface area contributed by atoms with Gasteiger partial charge in [0.05, 0.1) is 24.0 Å². The Morgan fingerprint density at radius 1 is 0.754 bits per heavy atom. The van der Waals surface area contributed by atoms with Gasteiger partial charge in [0.2, 0.25) is 0 Å². The van der Waals surface area contributed by atoms with Crippen LogP contribution in [0.2, 0.25) is 0 Å². The summed E-state index contributed by atoms with van der Waals surface area (Å²) >= 11 is 0. The van der Waals surface area contributed by atoms with Crippen molar-refractivity contribution in [3.05, 3.63) is 225 Å². The molecule has 65 heavy (non-hydrogen) atoms. The third-order valence-corrected chi connectivity index (χ3v) is 15.3. The molecule has 0 bridgehead atoms. The summed E-state index contributed by atoms with van der Waals surface area (Å²) in [6.07, 6.45) is 31.0. The van der Waals surface area contributed by atoms with Crippen molar-refractivity contribution >= 4 is 17.4 Å². The summed E-state index contributed by atoms with van der Waals surface area (Å²) in [5.74, 6) is 6.59. The van der Waals surface area contributed by atoms with E-state index in [4.69, 9.17) is 19.1 Å². The molecule has 5 aliphatic carbocycles. The average molecular weight is 851 g/mol. The van der Waals surface area contributed by atoms with E-state index < -0.39 is 0 Å². The van der Waals surface area contributed by atoms with Gasteiger partial charge in [0, 0.05) is 64.3 Å². The first-order valence-corrected chi connectivity index (χ1v) is 23.8. The molecule has 6 unspecified atom stereocenters. The van der Waals surface area contributed by atoms with Crippen LogP contribution in [0, 0.1) is 11.8 Å². The van der Waals surface area contributed by atoms with Gasteiger partial charge in [-0.05, 0) is 79.0 Å². The van der Waals surface area contributed by atoms with Crippen molar-refractivity contribution in [1.29, 1.82) is 0 Å². The number of nitrogens with one attached hydrogen (secondary N) is 2. The van der Waals surface area contributed by atoms with Gasteiger partial charge >= 0.3 is 0 Å². The van der Waals surface area contributed by atoms with Gasteiger partial charge in [0.1, 0.15) is 41.3 Å². The number of furan rings is 1. The predicted octanol–water partition coefficient (Wildman–Crippen LogP) is 10.6. The number of hydrogen-bond acceptors (Lipinski definition) is 8. The summed E-state index contributed by atoms with van der Waals surface area (Å²) < 4.78 is 14.1. The van der Waals surface area contributed by atoms with Crippen molar-refractivity contribution in [3.63, 3.8) is 0 Å². The molecule has 14 rings (SSSR count). The minimum Gasteiger partial charge on any atom is -0.483 e. The van der Waals surface area contributed by atoms with Crippen LogP contribution in [-0.2, 0) is 19.3 Å². The normalized spacial score (nSPS) is 28.8. The van der Waals surface area contributed by atoms with Crippen LogP contribution in [0.3, 0.4) is 0 Å². The highest BCUT2D eigenvalue weighted by Crippen LogP contribution is 2.55. The maximum Gasteiger partial charge on any atom is 0.155 e. The third-order valence-electron chi connectivity index (χ3n) is 15.3. The first-order valence-electron chi connectivity index (χ1n) is 23.8. The maximum absolute atomic E-state index is 7.11. The van der Waals surface area contributed by atoms with Gasteiger partial charge < -0.3 is 24.7 Å². The van der Waals surface area contributed by atoms with Crippen LogP contribution in [0.1, 0.15) is 83.5 Å². The number of fused-ring (bicyclic) bond motifs is 12. The molecule has 10 aliphatic rings. The smallest absolute Gasteiger partial charge is 0.155 e. The van der Waals surface area contributed by atoms with Crippen molar-refractivity contribution in [1.82, 2.24) is 20.4 Å². The Morgan fingerprint density at radius 3 is 2.42 bits per heavy atom. The number of allylic oxidation sites excluding steroid dienone is 11. The lowest BCUT2D eigenvalue weighted by molar-refractivity contribution is 0.192. The van der Waals surface area contributed by atoms with Crippen LogP contribution in [0.15, 0.2) is 200 Å². The fourth-order valence-corrected chi connectivity index (χ4v) is 12.4. The van der Waals surface area contributed by atoms with Crippen molar-refractivity contribution in [2.75, 3.05) is 6.54 Å². The summed E-state index contributed by atoms with van der Waals surface area (Å²) in [5.41, 5.74) is 15.1. The number of amidine groups is 2. The van der Waals surface area contributed by atoms with Crippen molar-refractivity contribution in [2.45, 2.75) is 75.6 Å². The highest BCUT2D eigenvalue weighted by molar-refractivity contribution is 6.09. The lowest BCUT2D eigenvalue weighted by atomic mass is 9.83. The van der Waals surface area contributed by atoms with E-state index in [1.54, 1.807) is 0 Å². The van der Waals surface area contributed by atoms with E-state index in [9.17, 15) is 0 Å². The molecule has 0 amide bonds. The molecule has 0 spiro atoms. The molecule has 5 aliphatic heterocycles. The van der Waals surface area contributed by atoms with E-state index in [0.29, 0.717) is 6.54 Å². The zero-order chi connectivity index (χ0) is 42.6. The number of aryl methyl sites for hydroxylation is 1. The second-order valence-electron chi connectivity index (χ2n) is 18.9. The molecule has 0 fully saturated rings. The van der Waals surface area contributed by atoms with Crippen LogP contribution < -0.4 is 15.4 Å². The van der Waals surface area contributed by atoms with Crippen LogP contribution in [0.4, 0.5) is 0 Å². The van der Waals surface area contributed by atoms with Gasteiger partial charge in [-0.1, -0.05) is 127 Å². The van der Waals surface area contributed by atoms with Gasteiger partial charge in [0.15, 0.2) is 5.76 Å². The molecule has 1 aromatic heterocycles. The molecular formula is C57H50N6O2. The molecule has 6 heterocycles. The zero-order valence-electron chi connectivity index (χ0n) is 36.3. The Kier molecular flexibility index (Phi) is 8.47. The molecule has 6 atom stereocenters. The van der Waals surface area contributed by atoms with E-state index in [1.807, 2.05) is 0 Å².